The van der Waals surface area contributed by atoms with E-state index in [1.54, 1.807) is 36.2 Å². The van der Waals surface area contributed by atoms with E-state index in [0.717, 1.165) is 5.56 Å². The molecule has 2 atom stereocenters. The molecule has 1 aliphatic heterocycles. The average Bonchev–Trinajstić information content (AvgIpc) is 2.64. The average molecular weight is 365 g/mol. The van der Waals surface area contributed by atoms with Crippen LogP contribution < -0.4 is 10.6 Å². The van der Waals surface area contributed by atoms with Crippen molar-refractivity contribution in [2.24, 2.45) is 5.92 Å². The number of nitrogens with zero attached hydrogens (tertiary/aromatic N) is 1. The largest absolute Gasteiger partial charge is 0.338 e. The van der Waals surface area contributed by atoms with E-state index in [0.29, 0.717) is 24.2 Å². The predicted molar refractivity (Wildman–Crippen MR) is 104 cm³/mol. The van der Waals surface area contributed by atoms with Crippen LogP contribution in [-0.4, -0.2) is 29.7 Å². The molecule has 140 valence electrons. The fourth-order valence-corrected chi connectivity index (χ4v) is 3.53. The van der Waals surface area contributed by atoms with Gasteiger partial charge in [-0.15, -0.1) is 0 Å². The second-order valence-corrected chi connectivity index (χ2v) is 6.76. The van der Waals surface area contributed by atoms with Crippen molar-refractivity contribution >= 4 is 29.1 Å². The molecule has 2 aromatic carbocycles. The Morgan fingerprint density at radius 3 is 2.33 bits per heavy atom. The fraction of sp³-hybridized carbons (Fsp3) is 0.286. The number of carbonyl (C=O) groups is 3. The number of rotatable bonds is 4. The van der Waals surface area contributed by atoms with Gasteiger partial charge in [0.25, 0.3) is 0 Å². The fourth-order valence-electron chi connectivity index (χ4n) is 3.53. The lowest BCUT2D eigenvalue weighted by Gasteiger charge is -2.38. The minimum Gasteiger partial charge on any atom is -0.338 e. The summed E-state index contributed by atoms with van der Waals surface area (Å²) in [5, 5.41) is 5.63. The summed E-state index contributed by atoms with van der Waals surface area (Å²) in [5.41, 5.74) is 2.17. The van der Waals surface area contributed by atoms with Crippen LogP contribution >= 0.6 is 0 Å². The van der Waals surface area contributed by atoms with E-state index in [-0.39, 0.29) is 29.7 Å². The van der Waals surface area contributed by atoms with Crippen molar-refractivity contribution in [1.82, 2.24) is 4.90 Å². The van der Waals surface area contributed by atoms with Crippen LogP contribution in [0, 0.1) is 5.92 Å². The molecule has 1 saturated heterocycles. The van der Waals surface area contributed by atoms with Crippen LogP contribution in [0.4, 0.5) is 11.4 Å². The van der Waals surface area contributed by atoms with Crippen LogP contribution in [-0.2, 0) is 14.4 Å². The van der Waals surface area contributed by atoms with Gasteiger partial charge in [0.05, 0.1) is 12.0 Å². The SMILES string of the molecule is CC(=O)Nc1cccc(NC(=O)[C@@H]2CCC(=O)N(C)[C@H]2c2ccccc2)c1. The zero-order chi connectivity index (χ0) is 19.4. The Hall–Kier alpha value is -3.15. The van der Waals surface area contributed by atoms with Crippen molar-refractivity contribution in [2.45, 2.75) is 25.8 Å². The topological polar surface area (TPSA) is 78.5 Å². The number of likely N-dealkylation sites (tertiary alicyclic amines) is 1. The number of amides is 3. The summed E-state index contributed by atoms with van der Waals surface area (Å²) in [6.45, 7) is 1.44. The van der Waals surface area contributed by atoms with Gasteiger partial charge in [-0.3, -0.25) is 14.4 Å². The number of piperidine rings is 1. The number of hydrogen-bond acceptors (Lipinski definition) is 3. The maximum atomic E-state index is 13.0. The van der Waals surface area contributed by atoms with Crippen molar-refractivity contribution in [3.8, 4) is 0 Å². The Kier molecular flexibility index (Phi) is 5.54. The first kappa shape index (κ1) is 18.6. The van der Waals surface area contributed by atoms with E-state index in [1.807, 2.05) is 30.3 Å². The van der Waals surface area contributed by atoms with Gasteiger partial charge in [-0.05, 0) is 30.2 Å². The summed E-state index contributed by atoms with van der Waals surface area (Å²) in [5.74, 6) is -0.613. The molecule has 0 aromatic heterocycles. The Morgan fingerprint density at radius 2 is 1.67 bits per heavy atom. The van der Waals surface area contributed by atoms with Gasteiger partial charge >= 0.3 is 0 Å². The molecule has 1 fully saturated rings. The van der Waals surface area contributed by atoms with E-state index in [2.05, 4.69) is 10.6 Å². The van der Waals surface area contributed by atoms with Gasteiger partial charge in [-0.2, -0.15) is 0 Å². The number of hydrogen-bond donors (Lipinski definition) is 2. The number of nitrogens with one attached hydrogen (secondary N) is 2. The van der Waals surface area contributed by atoms with Gasteiger partial charge in [0.2, 0.25) is 17.7 Å². The summed E-state index contributed by atoms with van der Waals surface area (Å²) in [6.07, 6.45) is 0.851. The van der Waals surface area contributed by atoms with Crippen molar-refractivity contribution in [2.75, 3.05) is 17.7 Å². The summed E-state index contributed by atoms with van der Waals surface area (Å²) >= 11 is 0. The summed E-state index contributed by atoms with van der Waals surface area (Å²) < 4.78 is 0. The molecule has 0 radical (unpaired) electrons. The maximum Gasteiger partial charge on any atom is 0.229 e. The summed E-state index contributed by atoms with van der Waals surface area (Å²) in [7, 11) is 1.75. The molecule has 3 rings (SSSR count). The Labute approximate surface area is 158 Å². The second-order valence-electron chi connectivity index (χ2n) is 6.76. The van der Waals surface area contributed by atoms with Crippen molar-refractivity contribution in [3.63, 3.8) is 0 Å². The molecular weight excluding hydrogens is 342 g/mol. The quantitative estimate of drug-likeness (QED) is 0.873. The van der Waals surface area contributed by atoms with Crippen LogP contribution in [0.1, 0.15) is 31.4 Å². The maximum absolute atomic E-state index is 13.0. The molecule has 0 saturated carbocycles. The van der Waals surface area contributed by atoms with Crippen LogP contribution in [0.2, 0.25) is 0 Å². The van der Waals surface area contributed by atoms with E-state index >= 15 is 0 Å². The molecule has 1 heterocycles. The number of benzene rings is 2. The molecule has 1 aliphatic rings. The normalized spacial score (nSPS) is 19.5. The molecule has 27 heavy (non-hydrogen) atoms. The highest BCUT2D eigenvalue weighted by Gasteiger charge is 2.38. The Bertz CT molecular complexity index is 851. The van der Waals surface area contributed by atoms with E-state index < -0.39 is 0 Å². The first-order valence-electron chi connectivity index (χ1n) is 8.95. The molecular formula is C21H23N3O3. The lowest BCUT2D eigenvalue weighted by atomic mass is 9.84. The van der Waals surface area contributed by atoms with Gasteiger partial charge in [-0.25, -0.2) is 0 Å². The molecule has 3 amide bonds. The molecule has 2 N–H and O–H groups in total. The van der Waals surface area contributed by atoms with Crippen LogP contribution in [0.3, 0.4) is 0 Å². The number of carbonyl (C=O) groups excluding carboxylic acids is 3. The lowest BCUT2D eigenvalue weighted by molar-refractivity contribution is -0.140. The van der Waals surface area contributed by atoms with E-state index in [9.17, 15) is 14.4 Å². The van der Waals surface area contributed by atoms with Gasteiger partial charge in [0, 0.05) is 31.8 Å². The third-order valence-electron chi connectivity index (χ3n) is 4.79. The summed E-state index contributed by atoms with van der Waals surface area (Å²) in [4.78, 5) is 38.1. The smallest absolute Gasteiger partial charge is 0.229 e. The Balaban J connectivity index is 1.82. The van der Waals surface area contributed by atoms with Crippen molar-refractivity contribution < 1.29 is 14.4 Å². The van der Waals surface area contributed by atoms with Crippen LogP contribution in [0.25, 0.3) is 0 Å². The molecule has 0 aliphatic carbocycles. The lowest BCUT2D eigenvalue weighted by Crippen LogP contribution is -2.44. The first-order chi connectivity index (χ1) is 13.0. The zero-order valence-electron chi connectivity index (χ0n) is 15.4. The minimum atomic E-state index is -0.348. The van der Waals surface area contributed by atoms with Crippen molar-refractivity contribution in [1.29, 1.82) is 0 Å². The molecule has 2 aromatic rings. The van der Waals surface area contributed by atoms with Gasteiger partial charge in [0.1, 0.15) is 0 Å². The van der Waals surface area contributed by atoms with Crippen LogP contribution in [0.15, 0.2) is 54.6 Å². The van der Waals surface area contributed by atoms with E-state index in [4.69, 9.17) is 0 Å². The third-order valence-corrected chi connectivity index (χ3v) is 4.79. The predicted octanol–water partition coefficient (Wildman–Crippen LogP) is 3.19. The summed E-state index contributed by atoms with van der Waals surface area (Å²) in [6, 6.07) is 16.3. The standard InChI is InChI=1S/C21H23N3O3/c1-14(25)22-16-9-6-10-17(13-16)23-21(27)18-11-12-19(26)24(2)20(18)15-7-4-3-5-8-15/h3-10,13,18,20H,11-12H2,1-2H3,(H,22,25)(H,23,27)/t18-,20+/m1/s1. The minimum absolute atomic E-state index is 0.0422. The van der Waals surface area contributed by atoms with Gasteiger partial charge in [-0.1, -0.05) is 36.4 Å². The van der Waals surface area contributed by atoms with Gasteiger partial charge < -0.3 is 15.5 Å². The third kappa shape index (κ3) is 4.34. The Morgan fingerprint density at radius 1 is 1.00 bits per heavy atom. The molecule has 0 unspecified atom stereocenters. The number of anilines is 2. The highest BCUT2D eigenvalue weighted by molar-refractivity contribution is 5.96. The highest BCUT2D eigenvalue weighted by Crippen LogP contribution is 2.36. The molecule has 0 spiro atoms. The monoisotopic (exact) mass is 365 g/mol. The first-order valence-corrected chi connectivity index (χ1v) is 8.95. The van der Waals surface area contributed by atoms with Crippen LogP contribution in [0.5, 0.6) is 0 Å². The molecule has 6 nitrogen and oxygen atoms in total. The molecule has 0 bridgehead atoms. The van der Waals surface area contributed by atoms with Crippen molar-refractivity contribution in [3.05, 3.63) is 60.2 Å². The van der Waals surface area contributed by atoms with E-state index in [1.165, 1.54) is 6.92 Å². The molecule has 6 heteroatoms. The van der Waals surface area contributed by atoms with Gasteiger partial charge in [0.15, 0.2) is 0 Å². The highest BCUT2D eigenvalue weighted by atomic mass is 16.2. The second kappa shape index (κ2) is 8.03. The zero-order valence-corrected chi connectivity index (χ0v) is 15.4.